The van der Waals surface area contributed by atoms with Gasteiger partial charge in [0.25, 0.3) is 0 Å². The van der Waals surface area contributed by atoms with Gasteiger partial charge in [0.05, 0.1) is 6.04 Å². The summed E-state index contributed by atoms with van der Waals surface area (Å²) in [4.78, 5) is 72.3. The summed E-state index contributed by atoms with van der Waals surface area (Å²) in [6.07, 6.45) is -0.742. The Morgan fingerprint density at radius 3 is 1.87 bits per heavy atom. The maximum Gasteiger partial charge on any atom is 0.326 e. The minimum absolute atomic E-state index is 0.0217. The van der Waals surface area contributed by atoms with Crippen molar-refractivity contribution in [3.8, 4) is 0 Å². The van der Waals surface area contributed by atoms with E-state index in [1.165, 1.54) is 0 Å². The Bertz CT molecular complexity index is 985. The van der Waals surface area contributed by atoms with E-state index < -0.39 is 66.2 Å². The molecule has 4 amide bonds. The molecule has 0 aliphatic heterocycles. The van der Waals surface area contributed by atoms with Gasteiger partial charge < -0.3 is 37.6 Å². The molecule has 4 atom stereocenters. The number of carboxylic acids is 2. The average molecular weight is 536 g/mol. The molecule has 9 N–H and O–H groups in total. The summed E-state index contributed by atoms with van der Waals surface area (Å²) in [6, 6.07) is 3.91. The van der Waals surface area contributed by atoms with E-state index in [2.05, 4.69) is 16.0 Å². The molecule has 0 aromatic heterocycles. The van der Waals surface area contributed by atoms with E-state index in [0.717, 1.165) is 0 Å². The second-order valence-corrected chi connectivity index (χ2v) is 9.38. The number of carboxylic acid groups (broad SMARTS) is 2. The second-order valence-electron chi connectivity index (χ2n) is 9.38. The molecule has 1 aromatic carbocycles. The van der Waals surface area contributed by atoms with Crippen LogP contribution in [-0.2, 0) is 35.2 Å². The molecular formula is C25H37N5O8. The van der Waals surface area contributed by atoms with Crippen molar-refractivity contribution in [2.45, 2.75) is 76.5 Å². The zero-order valence-corrected chi connectivity index (χ0v) is 21.5. The number of aliphatic carboxylic acids is 2. The average Bonchev–Trinajstić information content (AvgIpc) is 2.83. The fourth-order valence-corrected chi connectivity index (χ4v) is 3.54. The summed E-state index contributed by atoms with van der Waals surface area (Å²) in [7, 11) is 0. The van der Waals surface area contributed by atoms with Crippen molar-refractivity contribution in [1.29, 1.82) is 0 Å². The first-order chi connectivity index (χ1) is 17.8. The number of benzene rings is 1. The van der Waals surface area contributed by atoms with Crippen molar-refractivity contribution in [2.24, 2.45) is 17.4 Å². The molecule has 0 heterocycles. The first-order valence-corrected chi connectivity index (χ1v) is 12.2. The van der Waals surface area contributed by atoms with E-state index in [-0.39, 0.29) is 38.0 Å². The highest BCUT2D eigenvalue weighted by Crippen LogP contribution is 2.10. The third-order valence-corrected chi connectivity index (χ3v) is 5.56. The molecule has 0 fully saturated rings. The van der Waals surface area contributed by atoms with E-state index in [9.17, 15) is 33.9 Å². The van der Waals surface area contributed by atoms with Gasteiger partial charge >= 0.3 is 11.9 Å². The van der Waals surface area contributed by atoms with Crippen LogP contribution in [0.25, 0.3) is 0 Å². The lowest BCUT2D eigenvalue weighted by atomic mass is 10.00. The van der Waals surface area contributed by atoms with Crippen LogP contribution in [-0.4, -0.2) is 69.9 Å². The van der Waals surface area contributed by atoms with Gasteiger partial charge in [-0.1, -0.05) is 44.2 Å². The van der Waals surface area contributed by atoms with Crippen molar-refractivity contribution in [3.05, 3.63) is 35.9 Å². The van der Waals surface area contributed by atoms with Gasteiger partial charge in [-0.25, -0.2) is 4.79 Å². The highest BCUT2D eigenvalue weighted by atomic mass is 16.4. The van der Waals surface area contributed by atoms with Gasteiger partial charge in [-0.05, 0) is 30.7 Å². The molecular weight excluding hydrogens is 498 g/mol. The molecule has 210 valence electrons. The molecule has 0 saturated heterocycles. The van der Waals surface area contributed by atoms with Crippen LogP contribution in [0.15, 0.2) is 30.3 Å². The van der Waals surface area contributed by atoms with Crippen LogP contribution < -0.4 is 27.4 Å². The molecule has 0 aliphatic carbocycles. The molecule has 1 rings (SSSR count). The van der Waals surface area contributed by atoms with E-state index in [0.29, 0.717) is 5.56 Å². The van der Waals surface area contributed by atoms with Crippen molar-refractivity contribution < 1.29 is 39.0 Å². The summed E-state index contributed by atoms with van der Waals surface area (Å²) in [6.45, 7) is 3.60. The molecule has 0 spiro atoms. The Kier molecular flexibility index (Phi) is 13.5. The van der Waals surface area contributed by atoms with E-state index in [1.54, 1.807) is 44.2 Å². The Balaban J connectivity index is 3.08. The van der Waals surface area contributed by atoms with Crippen LogP contribution >= 0.6 is 0 Å². The minimum Gasteiger partial charge on any atom is -0.481 e. The van der Waals surface area contributed by atoms with Crippen molar-refractivity contribution in [1.82, 2.24) is 16.0 Å². The molecule has 0 bridgehead atoms. The van der Waals surface area contributed by atoms with Gasteiger partial charge in [0, 0.05) is 19.3 Å². The lowest BCUT2D eigenvalue weighted by molar-refractivity contribution is -0.143. The van der Waals surface area contributed by atoms with Crippen molar-refractivity contribution in [2.75, 3.05) is 0 Å². The SMILES string of the molecule is CC(C)CC(NC(=O)C(Cc1ccccc1)NC(=O)C(N)CCC(N)=O)C(=O)NC(CCC(=O)O)C(=O)O. The van der Waals surface area contributed by atoms with Crippen LogP contribution in [0, 0.1) is 5.92 Å². The number of amides is 4. The smallest absolute Gasteiger partial charge is 0.326 e. The molecule has 38 heavy (non-hydrogen) atoms. The lowest BCUT2D eigenvalue weighted by Gasteiger charge is -2.26. The molecule has 13 nitrogen and oxygen atoms in total. The summed E-state index contributed by atoms with van der Waals surface area (Å²) >= 11 is 0. The second kappa shape index (κ2) is 16.0. The molecule has 1 aromatic rings. The predicted octanol–water partition coefficient (Wildman–Crippen LogP) is -0.728. The fourth-order valence-electron chi connectivity index (χ4n) is 3.54. The van der Waals surface area contributed by atoms with Gasteiger partial charge in [-0.2, -0.15) is 0 Å². The van der Waals surface area contributed by atoms with Crippen molar-refractivity contribution in [3.63, 3.8) is 0 Å². The fraction of sp³-hybridized carbons (Fsp3) is 0.520. The van der Waals surface area contributed by atoms with Gasteiger partial charge in [0.1, 0.15) is 18.1 Å². The quantitative estimate of drug-likeness (QED) is 0.133. The van der Waals surface area contributed by atoms with Crippen LogP contribution in [0.5, 0.6) is 0 Å². The minimum atomic E-state index is -1.46. The van der Waals surface area contributed by atoms with Gasteiger partial charge in [-0.15, -0.1) is 0 Å². The summed E-state index contributed by atoms with van der Waals surface area (Å²) in [5, 5.41) is 25.7. The number of hydrogen-bond acceptors (Lipinski definition) is 7. The third-order valence-electron chi connectivity index (χ3n) is 5.56. The predicted molar refractivity (Wildman–Crippen MR) is 136 cm³/mol. The Morgan fingerprint density at radius 2 is 1.34 bits per heavy atom. The summed E-state index contributed by atoms with van der Waals surface area (Å²) in [5.41, 5.74) is 11.7. The van der Waals surface area contributed by atoms with Crippen LogP contribution in [0.4, 0.5) is 0 Å². The Hall–Kier alpha value is -4.00. The number of carbonyl (C=O) groups is 6. The molecule has 0 radical (unpaired) electrons. The maximum absolute atomic E-state index is 13.3. The van der Waals surface area contributed by atoms with E-state index in [4.69, 9.17) is 16.6 Å². The zero-order valence-electron chi connectivity index (χ0n) is 21.5. The number of nitrogens with two attached hydrogens (primary N) is 2. The normalized spacial score (nSPS) is 14.0. The van der Waals surface area contributed by atoms with Crippen LogP contribution in [0.3, 0.4) is 0 Å². The Morgan fingerprint density at radius 1 is 0.789 bits per heavy atom. The summed E-state index contributed by atoms with van der Waals surface area (Å²) < 4.78 is 0. The van der Waals surface area contributed by atoms with Gasteiger partial charge in [0.2, 0.25) is 23.6 Å². The molecule has 4 unspecified atom stereocenters. The first kappa shape index (κ1) is 32.0. The number of nitrogens with one attached hydrogen (secondary N) is 3. The lowest BCUT2D eigenvalue weighted by Crippen LogP contribution is -2.57. The van der Waals surface area contributed by atoms with Crippen molar-refractivity contribution >= 4 is 35.6 Å². The number of rotatable bonds is 17. The monoisotopic (exact) mass is 535 g/mol. The largest absolute Gasteiger partial charge is 0.481 e. The molecule has 13 heteroatoms. The highest BCUT2D eigenvalue weighted by Gasteiger charge is 2.31. The third kappa shape index (κ3) is 12.3. The first-order valence-electron chi connectivity index (χ1n) is 12.2. The zero-order chi connectivity index (χ0) is 28.8. The number of hydrogen-bond donors (Lipinski definition) is 7. The number of primary amides is 1. The molecule has 0 aliphatic rings. The van der Waals surface area contributed by atoms with E-state index >= 15 is 0 Å². The Labute approximate surface area is 220 Å². The molecule has 0 saturated carbocycles. The maximum atomic E-state index is 13.3. The van der Waals surface area contributed by atoms with Crippen LogP contribution in [0.2, 0.25) is 0 Å². The number of carbonyl (C=O) groups excluding carboxylic acids is 4. The standard InChI is InChI=1S/C25H37N5O8/c1-14(2)12-18(23(35)28-17(25(37)38)9-11-21(32)33)30-24(36)19(13-15-6-4-3-5-7-15)29-22(34)16(26)8-10-20(27)31/h3-7,14,16-19H,8-13,26H2,1-2H3,(H2,27,31)(H,28,35)(H,29,34)(H,30,36)(H,32,33)(H,37,38). The van der Waals surface area contributed by atoms with E-state index in [1.807, 2.05) is 0 Å². The summed E-state index contributed by atoms with van der Waals surface area (Å²) in [5.74, 6) is -5.53. The topological polar surface area (TPSA) is 231 Å². The van der Waals surface area contributed by atoms with Crippen LogP contribution in [0.1, 0.15) is 51.5 Å². The van der Waals surface area contributed by atoms with Gasteiger partial charge in [-0.3, -0.25) is 24.0 Å². The van der Waals surface area contributed by atoms with Gasteiger partial charge in [0.15, 0.2) is 0 Å². The highest BCUT2D eigenvalue weighted by molar-refractivity contribution is 5.94.